The predicted octanol–water partition coefficient (Wildman–Crippen LogP) is 3.98. The van der Waals surface area contributed by atoms with Gasteiger partial charge in [0.15, 0.2) is 0 Å². The van der Waals surface area contributed by atoms with Crippen LogP contribution in [0.5, 0.6) is 0 Å². The van der Waals surface area contributed by atoms with Gasteiger partial charge in [-0.3, -0.25) is 4.72 Å². The number of benzene rings is 2. The van der Waals surface area contributed by atoms with Gasteiger partial charge in [-0.25, -0.2) is 8.42 Å². The fraction of sp³-hybridized carbons (Fsp3) is 0.294. The van der Waals surface area contributed by atoms with E-state index in [9.17, 15) is 8.42 Å². The van der Waals surface area contributed by atoms with Gasteiger partial charge in [-0.05, 0) is 49.9 Å². The molecule has 0 radical (unpaired) electrons. The Labute approximate surface area is 127 Å². The summed E-state index contributed by atoms with van der Waals surface area (Å²) in [4.78, 5) is 0.374. The molecule has 3 nitrogen and oxygen atoms in total. The van der Waals surface area contributed by atoms with E-state index in [-0.39, 0.29) is 0 Å². The van der Waals surface area contributed by atoms with E-state index in [1.807, 2.05) is 58.0 Å². The fourth-order valence-electron chi connectivity index (χ4n) is 2.71. The maximum absolute atomic E-state index is 12.7. The van der Waals surface area contributed by atoms with Crippen molar-refractivity contribution in [3.63, 3.8) is 0 Å². The molecule has 2 rings (SSSR count). The van der Waals surface area contributed by atoms with Crippen LogP contribution in [0, 0.1) is 20.8 Å². The number of sulfonamides is 1. The van der Waals surface area contributed by atoms with Crippen LogP contribution in [-0.4, -0.2) is 8.42 Å². The monoisotopic (exact) mass is 303 g/mol. The lowest BCUT2D eigenvalue weighted by molar-refractivity contribution is 0.600. The molecule has 0 aliphatic carbocycles. The van der Waals surface area contributed by atoms with Crippen molar-refractivity contribution < 1.29 is 8.42 Å². The van der Waals surface area contributed by atoms with Crippen molar-refractivity contribution in [2.45, 2.75) is 39.0 Å². The van der Waals surface area contributed by atoms with Gasteiger partial charge in [0.25, 0.3) is 10.0 Å². The molecule has 0 amide bonds. The van der Waals surface area contributed by atoms with E-state index < -0.39 is 10.0 Å². The first-order valence-electron chi connectivity index (χ1n) is 7.03. The van der Waals surface area contributed by atoms with Crippen molar-refractivity contribution in [1.82, 2.24) is 0 Å². The summed E-state index contributed by atoms with van der Waals surface area (Å²) in [5.41, 5.74) is 4.25. The second kappa shape index (κ2) is 5.90. The lowest BCUT2D eigenvalue weighted by Crippen LogP contribution is -2.16. The van der Waals surface area contributed by atoms with Gasteiger partial charge in [-0.2, -0.15) is 0 Å². The average molecular weight is 303 g/mol. The van der Waals surface area contributed by atoms with E-state index in [0.29, 0.717) is 10.6 Å². The summed E-state index contributed by atoms with van der Waals surface area (Å²) >= 11 is 0. The van der Waals surface area contributed by atoms with Crippen LogP contribution in [0.3, 0.4) is 0 Å². The molecule has 0 saturated heterocycles. The number of aryl methyl sites for hydroxylation is 4. The van der Waals surface area contributed by atoms with E-state index in [0.717, 1.165) is 28.7 Å². The highest BCUT2D eigenvalue weighted by Gasteiger charge is 2.20. The Morgan fingerprint density at radius 3 is 2.14 bits per heavy atom. The molecule has 0 fully saturated rings. The van der Waals surface area contributed by atoms with Gasteiger partial charge in [0, 0.05) is 0 Å². The number of hydrogen-bond donors (Lipinski definition) is 1. The maximum atomic E-state index is 12.7. The Balaban J connectivity index is 2.49. The summed E-state index contributed by atoms with van der Waals surface area (Å²) in [5, 5.41) is 0. The van der Waals surface area contributed by atoms with Crippen LogP contribution in [0.2, 0.25) is 0 Å². The Morgan fingerprint density at radius 1 is 1.00 bits per heavy atom. The van der Waals surface area contributed by atoms with E-state index in [4.69, 9.17) is 0 Å². The highest BCUT2D eigenvalue weighted by Crippen LogP contribution is 2.25. The Kier molecular flexibility index (Phi) is 4.37. The molecular formula is C17H21NO2S. The van der Waals surface area contributed by atoms with E-state index in [2.05, 4.69) is 4.72 Å². The zero-order chi connectivity index (χ0) is 15.6. The fourth-order valence-corrected chi connectivity index (χ4v) is 4.27. The van der Waals surface area contributed by atoms with Crippen molar-refractivity contribution in [2.75, 3.05) is 4.72 Å². The molecule has 21 heavy (non-hydrogen) atoms. The summed E-state index contributed by atoms with van der Waals surface area (Å²) in [5.74, 6) is 0. The molecule has 0 unspecified atom stereocenters. The maximum Gasteiger partial charge on any atom is 0.262 e. The molecule has 2 aromatic rings. The molecule has 0 bridgehead atoms. The summed E-state index contributed by atoms with van der Waals surface area (Å²) in [6, 6.07) is 11.3. The third kappa shape index (κ3) is 3.27. The van der Waals surface area contributed by atoms with Crippen LogP contribution >= 0.6 is 0 Å². The molecule has 0 heterocycles. The highest BCUT2D eigenvalue weighted by atomic mass is 32.2. The topological polar surface area (TPSA) is 46.2 Å². The number of hydrogen-bond acceptors (Lipinski definition) is 2. The van der Waals surface area contributed by atoms with Gasteiger partial charge >= 0.3 is 0 Å². The van der Waals surface area contributed by atoms with Crippen LogP contribution in [0.25, 0.3) is 0 Å². The second-order valence-corrected chi connectivity index (χ2v) is 6.96. The first kappa shape index (κ1) is 15.6. The largest absolute Gasteiger partial charge is 0.279 e. The van der Waals surface area contributed by atoms with Crippen LogP contribution < -0.4 is 4.72 Å². The van der Waals surface area contributed by atoms with Crippen LogP contribution in [-0.2, 0) is 16.4 Å². The Hall–Kier alpha value is -1.81. The average Bonchev–Trinajstić information content (AvgIpc) is 2.37. The predicted molar refractivity (Wildman–Crippen MR) is 87.3 cm³/mol. The molecule has 0 aromatic heterocycles. The molecule has 4 heteroatoms. The molecule has 0 saturated carbocycles. The van der Waals surface area contributed by atoms with E-state index in [1.54, 1.807) is 6.07 Å². The van der Waals surface area contributed by atoms with Crippen LogP contribution in [0.1, 0.15) is 29.2 Å². The van der Waals surface area contributed by atoms with E-state index in [1.165, 1.54) is 0 Å². The zero-order valence-electron chi connectivity index (χ0n) is 12.9. The van der Waals surface area contributed by atoms with Gasteiger partial charge in [0.1, 0.15) is 0 Å². The minimum atomic E-state index is -3.57. The van der Waals surface area contributed by atoms with Crippen molar-refractivity contribution in [3.8, 4) is 0 Å². The molecule has 0 aliphatic rings. The lowest BCUT2D eigenvalue weighted by atomic mass is 10.1. The lowest BCUT2D eigenvalue weighted by Gasteiger charge is -2.15. The highest BCUT2D eigenvalue weighted by molar-refractivity contribution is 7.92. The molecule has 0 atom stereocenters. The van der Waals surface area contributed by atoms with Crippen molar-refractivity contribution >= 4 is 15.7 Å². The Morgan fingerprint density at radius 2 is 1.57 bits per heavy atom. The summed E-state index contributed by atoms with van der Waals surface area (Å²) < 4.78 is 28.2. The minimum absolute atomic E-state index is 0.374. The molecule has 1 N–H and O–H groups in total. The zero-order valence-corrected chi connectivity index (χ0v) is 13.7. The third-order valence-corrected chi connectivity index (χ3v) is 5.19. The number of anilines is 1. The molecule has 2 aromatic carbocycles. The number of para-hydroxylation sites is 1. The molecule has 112 valence electrons. The SMILES string of the molecule is CCc1ccccc1NS(=O)(=O)c1c(C)cc(C)cc1C. The molecule has 0 aliphatic heterocycles. The van der Waals surface area contributed by atoms with Gasteiger partial charge in [0.2, 0.25) is 0 Å². The van der Waals surface area contributed by atoms with Crippen molar-refractivity contribution in [1.29, 1.82) is 0 Å². The van der Waals surface area contributed by atoms with Gasteiger partial charge < -0.3 is 0 Å². The molecule has 0 spiro atoms. The van der Waals surface area contributed by atoms with E-state index >= 15 is 0 Å². The minimum Gasteiger partial charge on any atom is -0.279 e. The van der Waals surface area contributed by atoms with Crippen molar-refractivity contribution in [3.05, 3.63) is 58.7 Å². The van der Waals surface area contributed by atoms with Gasteiger partial charge in [-0.15, -0.1) is 0 Å². The number of nitrogens with one attached hydrogen (secondary N) is 1. The van der Waals surface area contributed by atoms with Crippen LogP contribution in [0.15, 0.2) is 41.3 Å². The summed E-state index contributed by atoms with van der Waals surface area (Å²) in [6.45, 7) is 7.65. The first-order chi connectivity index (χ1) is 9.85. The smallest absolute Gasteiger partial charge is 0.262 e. The first-order valence-corrected chi connectivity index (χ1v) is 8.52. The summed E-state index contributed by atoms with van der Waals surface area (Å²) in [7, 11) is -3.57. The standard InChI is InChI=1S/C17H21NO2S/c1-5-15-8-6-7-9-16(15)18-21(19,20)17-13(3)10-12(2)11-14(17)4/h6-11,18H,5H2,1-4H3. The summed E-state index contributed by atoms with van der Waals surface area (Å²) in [6.07, 6.45) is 0.782. The quantitative estimate of drug-likeness (QED) is 0.928. The Bertz CT molecular complexity index is 741. The van der Waals surface area contributed by atoms with Gasteiger partial charge in [0.05, 0.1) is 10.6 Å². The van der Waals surface area contributed by atoms with Gasteiger partial charge in [-0.1, -0.05) is 42.8 Å². The third-order valence-electron chi connectivity index (χ3n) is 3.52. The number of rotatable bonds is 4. The molecular weight excluding hydrogens is 282 g/mol. The normalized spacial score (nSPS) is 11.4. The van der Waals surface area contributed by atoms with Crippen molar-refractivity contribution in [2.24, 2.45) is 0 Å². The van der Waals surface area contributed by atoms with Crippen LogP contribution in [0.4, 0.5) is 5.69 Å². The second-order valence-electron chi connectivity index (χ2n) is 5.34.